The fraction of sp³-hybridized carbons (Fsp3) is 0.150. The predicted molar refractivity (Wildman–Crippen MR) is 102 cm³/mol. The second kappa shape index (κ2) is 8.26. The van der Waals surface area contributed by atoms with Crippen LogP contribution in [0.15, 0.2) is 54.7 Å². The smallest absolute Gasteiger partial charge is 0.342 e. The van der Waals surface area contributed by atoms with Crippen LogP contribution >= 0.6 is 0 Å². The average molecular weight is 381 g/mol. The SMILES string of the molecule is COc1ccc(OC)c(-c2nn(-c3ccccc3)cc2C(=O)OCC(N)=O)c1. The zero-order valence-electron chi connectivity index (χ0n) is 15.4. The first kappa shape index (κ1) is 19.0. The molecule has 1 amide bonds. The number of aromatic nitrogens is 2. The lowest BCUT2D eigenvalue weighted by Gasteiger charge is -2.10. The highest BCUT2D eigenvalue weighted by Gasteiger charge is 2.23. The number of nitrogens with zero attached hydrogens (tertiary/aromatic N) is 2. The summed E-state index contributed by atoms with van der Waals surface area (Å²) in [6.45, 7) is -0.524. The first-order valence-electron chi connectivity index (χ1n) is 8.36. The quantitative estimate of drug-likeness (QED) is 0.629. The van der Waals surface area contributed by atoms with Crippen LogP contribution in [0.25, 0.3) is 16.9 Å². The van der Waals surface area contributed by atoms with Crippen LogP contribution in [-0.2, 0) is 9.53 Å². The monoisotopic (exact) mass is 381 g/mol. The fourth-order valence-corrected chi connectivity index (χ4v) is 2.65. The maximum Gasteiger partial charge on any atom is 0.342 e. The highest BCUT2D eigenvalue weighted by atomic mass is 16.5. The van der Waals surface area contributed by atoms with Crippen LogP contribution in [0.4, 0.5) is 0 Å². The molecule has 8 nitrogen and oxygen atoms in total. The molecular formula is C20H19N3O5. The Hall–Kier alpha value is -3.81. The van der Waals surface area contributed by atoms with Gasteiger partial charge in [-0.05, 0) is 30.3 Å². The summed E-state index contributed by atoms with van der Waals surface area (Å²) in [5.74, 6) is -0.394. The van der Waals surface area contributed by atoms with Gasteiger partial charge in [0, 0.05) is 11.8 Å². The van der Waals surface area contributed by atoms with E-state index in [1.165, 1.54) is 20.4 Å². The molecule has 0 fully saturated rings. The van der Waals surface area contributed by atoms with Crippen molar-refractivity contribution in [2.75, 3.05) is 20.8 Å². The molecule has 0 unspecified atom stereocenters. The third-order valence-corrected chi connectivity index (χ3v) is 3.96. The third kappa shape index (κ3) is 3.96. The Bertz CT molecular complexity index is 998. The van der Waals surface area contributed by atoms with Gasteiger partial charge in [-0.3, -0.25) is 4.79 Å². The Morgan fingerprint density at radius 3 is 2.46 bits per heavy atom. The zero-order valence-corrected chi connectivity index (χ0v) is 15.4. The first-order chi connectivity index (χ1) is 13.5. The summed E-state index contributed by atoms with van der Waals surface area (Å²) in [5.41, 5.74) is 6.86. The number of benzene rings is 2. The van der Waals surface area contributed by atoms with Crippen LogP contribution in [0.5, 0.6) is 11.5 Å². The van der Waals surface area contributed by atoms with Crippen LogP contribution in [0.2, 0.25) is 0 Å². The summed E-state index contributed by atoms with van der Waals surface area (Å²) in [4.78, 5) is 23.6. The van der Waals surface area contributed by atoms with Gasteiger partial charge in [0.05, 0.1) is 19.9 Å². The lowest BCUT2D eigenvalue weighted by molar-refractivity contribution is -0.121. The molecule has 0 saturated carbocycles. The number of amides is 1. The number of nitrogens with two attached hydrogens (primary N) is 1. The van der Waals surface area contributed by atoms with Gasteiger partial charge in [0.2, 0.25) is 0 Å². The number of hydrogen-bond donors (Lipinski definition) is 1. The van der Waals surface area contributed by atoms with E-state index >= 15 is 0 Å². The van der Waals surface area contributed by atoms with Crippen LogP contribution in [0, 0.1) is 0 Å². The van der Waals surface area contributed by atoms with E-state index in [4.69, 9.17) is 19.9 Å². The number of carbonyl (C=O) groups is 2. The van der Waals surface area contributed by atoms with E-state index in [-0.39, 0.29) is 5.56 Å². The molecule has 2 aromatic carbocycles. The van der Waals surface area contributed by atoms with E-state index in [9.17, 15) is 9.59 Å². The maximum atomic E-state index is 12.6. The summed E-state index contributed by atoms with van der Waals surface area (Å²) in [6, 6.07) is 14.4. The molecule has 1 aromatic heterocycles. The highest BCUT2D eigenvalue weighted by molar-refractivity contribution is 5.98. The van der Waals surface area contributed by atoms with Crippen molar-refractivity contribution in [3.8, 4) is 28.4 Å². The van der Waals surface area contributed by atoms with Gasteiger partial charge in [0.25, 0.3) is 5.91 Å². The number of hydrogen-bond acceptors (Lipinski definition) is 6. The summed E-state index contributed by atoms with van der Waals surface area (Å²) in [7, 11) is 3.06. The molecule has 0 radical (unpaired) electrons. The van der Waals surface area contributed by atoms with Crippen LogP contribution in [-0.4, -0.2) is 42.5 Å². The van der Waals surface area contributed by atoms with Crippen LogP contribution in [0.3, 0.4) is 0 Å². The van der Waals surface area contributed by atoms with Crippen molar-refractivity contribution in [3.05, 3.63) is 60.3 Å². The Morgan fingerprint density at radius 2 is 1.82 bits per heavy atom. The van der Waals surface area contributed by atoms with Gasteiger partial charge >= 0.3 is 5.97 Å². The molecule has 3 rings (SSSR count). The second-order valence-corrected chi connectivity index (χ2v) is 5.78. The van der Waals surface area contributed by atoms with Crippen molar-refractivity contribution in [2.24, 2.45) is 5.73 Å². The Morgan fingerprint density at radius 1 is 1.07 bits per heavy atom. The average Bonchev–Trinajstić information content (AvgIpc) is 3.17. The maximum absolute atomic E-state index is 12.6. The molecule has 0 atom stereocenters. The third-order valence-electron chi connectivity index (χ3n) is 3.96. The summed E-state index contributed by atoms with van der Waals surface area (Å²) < 4.78 is 17.2. The first-order valence-corrected chi connectivity index (χ1v) is 8.36. The molecule has 0 aliphatic carbocycles. The van der Waals surface area contributed by atoms with Gasteiger partial charge in [-0.1, -0.05) is 18.2 Å². The number of rotatable bonds is 7. The van der Waals surface area contributed by atoms with E-state index in [0.29, 0.717) is 22.8 Å². The molecule has 8 heteroatoms. The van der Waals surface area contributed by atoms with E-state index in [0.717, 1.165) is 5.69 Å². The Kier molecular flexibility index (Phi) is 5.59. The van der Waals surface area contributed by atoms with E-state index in [2.05, 4.69) is 5.10 Å². The predicted octanol–water partition coefficient (Wildman–Crippen LogP) is 2.20. The zero-order chi connectivity index (χ0) is 20.1. The normalized spacial score (nSPS) is 10.4. The van der Waals surface area contributed by atoms with Gasteiger partial charge in [0.15, 0.2) is 6.61 Å². The van der Waals surface area contributed by atoms with Crippen molar-refractivity contribution in [1.29, 1.82) is 0 Å². The second-order valence-electron chi connectivity index (χ2n) is 5.78. The molecule has 0 saturated heterocycles. The summed E-state index contributed by atoms with van der Waals surface area (Å²) >= 11 is 0. The minimum atomic E-state index is -0.746. The number of ether oxygens (including phenoxy) is 3. The van der Waals surface area contributed by atoms with Gasteiger partial charge in [-0.15, -0.1) is 0 Å². The molecule has 144 valence electrons. The molecule has 0 aliphatic heterocycles. The van der Waals surface area contributed by atoms with Gasteiger partial charge in [-0.25, -0.2) is 9.48 Å². The van der Waals surface area contributed by atoms with Crippen molar-refractivity contribution >= 4 is 11.9 Å². The molecule has 3 aromatic rings. The number of para-hydroxylation sites is 1. The number of esters is 1. The van der Waals surface area contributed by atoms with Crippen LogP contribution < -0.4 is 15.2 Å². The lowest BCUT2D eigenvalue weighted by Crippen LogP contribution is -2.21. The van der Waals surface area contributed by atoms with Crippen molar-refractivity contribution < 1.29 is 23.8 Å². The van der Waals surface area contributed by atoms with E-state index in [1.807, 2.05) is 30.3 Å². The van der Waals surface area contributed by atoms with Crippen molar-refractivity contribution in [1.82, 2.24) is 9.78 Å². The number of primary amides is 1. The van der Waals surface area contributed by atoms with E-state index < -0.39 is 18.5 Å². The fourth-order valence-electron chi connectivity index (χ4n) is 2.65. The van der Waals surface area contributed by atoms with Gasteiger partial charge in [-0.2, -0.15) is 5.10 Å². The van der Waals surface area contributed by atoms with Crippen LogP contribution in [0.1, 0.15) is 10.4 Å². The van der Waals surface area contributed by atoms with Gasteiger partial charge < -0.3 is 19.9 Å². The minimum Gasteiger partial charge on any atom is -0.497 e. The summed E-state index contributed by atoms with van der Waals surface area (Å²) in [6.07, 6.45) is 1.53. The minimum absolute atomic E-state index is 0.164. The Labute approximate surface area is 161 Å². The number of methoxy groups -OCH3 is 2. The molecule has 0 spiro atoms. The molecule has 2 N–H and O–H groups in total. The largest absolute Gasteiger partial charge is 0.497 e. The standard InChI is InChI=1S/C20H19N3O5/c1-26-14-8-9-17(27-2)15(10-14)19-16(20(25)28-12-18(21)24)11-23(22-19)13-6-4-3-5-7-13/h3-11H,12H2,1-2H3,(H2,21,24). The van der Waals surface area contributed by atoms with E-state index in [1.54, 1.807) is 22.9 Å². The van der Waals surface area contributed by atoms with Crippen molar-refractivity contribution in [2.45, 2.75) is 0 Å². The Balaban J connectivity index is 2.14. The lowest BCUT2D eigenvalue weighted by atomic mass is 10.1. The molecule has 0 aliphatic rings. The molecule has 0 bridgehead atoms. The van der Waals surface area contributed by atoms with Crippen molar-refractivity contribution in [3.63, 3.8) is 0 Å². The highest BCUT2D eigenvalue weighted by Crippen LogP contribution is 2.35. The molecule has 1 heterocycles. The van der Waals surface area contributed by atoms with Gasteiger partial charge in [0.1, 0.15) is 22.8 Å². The topological polar surface area (TPSA) is 106 Å². The number of carbonyl (C=O) groups excluding carboxylic acids is 2. The summed E-state index contributed by atoms with van der Waals surface area (Å²) in [5, 5.41) is 4.55. The molecular weight excluding hydrogens is 362 g/mol. The molecule has 28 heavy (non-hydrogen) atoms.